The summed E-state index contributed by atoms with van der Waals surface area (Å²) in [4.78, 5) is 1.30. The maximum absolute atomic E-state index is 5.68. The van der Waals surface area contributed by atoms with Gasteiger partial charge >= 0.3 is 0 Å². The van der Waals surface area contributed by atoms with Crippen LogP contribution in [0.3, 0.4) is 0 Å². The van der Waals surface area contributed by atoms with Gasteiger partial charge in [-0.05, 0) is 29.1 Å². The molecule has 1 aliphatic heterocycles. The molecule has 1 unspecified atom stereocenters. The first kappa shape index (κ1) is 12.5. The molecule has 100 valence electrons. The molecular weight excluding hydrogens is 260 g/mol. The molecule has 2 aromatic rings. The predicted molar refractivity (Wildman–Crippen MR) is 75.5 cm³/mol. The zero-order chi connectivity index (χ0) is 13.1. The van der Waals surface area contributed by atoms with Crippen molar-refractivity contribution >= 4 is 11.3 Å². The molecule has 19 heavy (non-hydrogen) atoms. The Hall–Kier alpha value is -1.56. The molecular formula is C14H16N2O2S. The average Bonchev–Trinajstić information content (AvgIpc) is 2.97. The lowest BCUT2D eigenvalue weighted by Gasteiger charge is -2.21. The molecule has 0 aliphatic carbocycles. The highest BCUT2D eigenvalue weighted by molar-refractivity contribution is 7.09. The van der Waals surface area contributed by atoms with Crippen molar-refractivity contribution in [2.75, 3.05) is 13.2 Å². The summed E-state index contributed by atoms with van der Waals surface area (Å²) in [5.41, 5.74) is 3.98. The minimum absolute atomic E-state index is 0.0782. The summed E-state index contributed by atoms with van der Waals surface area (Å²) >= 11 is 1.74. The molecule has 1 atom stereocenters. The highest BCUT2D eigenvalue weighted by Crippen LogP contribution is 2.33. The van der Waals surface area contributed by atoms with Crippen molar-refractivity contribution in [2.45, 2.75) is 12.5 Å². The zero-order valence-corrected chi connectivity index (χ0v) is 11.3. The Morgan fingerprint density at radius 3 is 2.79 bits per heavy atom. The number of nitrogens with two attached hydrogens (primary N) is 1. The Bertz CT molecular complexity index is 542. The van der Waals surface area contributed by atoms with Gasteiger partial charge in [0, 0.05) is 11.3 Å². The number of rotatable bonds is 4. The largest absolute Gasteiger partial charge is 0.486 e. The molecule has 5 heteroatoms. The third-order valence-electron chi connectivity index (χ3n) is 3.16. The summed E-state index contributed by atoms with van der Waals surface area (Å²) in [7, 11) is 0. The number of fused-ring (bicyclic) bond motifs is 1. The van der Waals surface area contributed by atoms with Gasteiger partial charge in [-0.15, -0.1) is 11.3 Å². The first-order valence-corrected chi connectivity index (χ1v) is 7.13. The van der Waals surface area contributed by atoms with Gasteiger partial charge in [0.15, 0.2) is 11.5 Å². The summed E-state index contributed by atoms with van der Waals surface area (Å²) in [5.74, 6) is 7.29. The van der Waals surface area contributed by atoms with Crippen LogP contribution in [0.2, 0.25) is 0 Å². The fourth-order valence-corrected chi connectivity index (χ4v) is 2.93. The number of hydrogen-bond donors (Lipinski definition) is 2. The van der Waals surface area contributed by atoms with Gasteiger partial charge in [-0.25, -0.2) is 0 Å². The average molecular weight is 276 g/mol. The van der Waals surface area contributed by atoms with Crippen molar-refractivity contribution in [1.29, 1.82) is 0 Å². The van der Waals surface area contributed by atoms with Gasteiger partial charge in [-0.2, -0.15) is 0 Å². The van der Waals surface area contributed by atoms with Gasteiger partial charge < -0.3 is 9.47 Å². The minimum Gasteiger partial charge on any atom is -0.486 e. The summed E-state index contributed by atoms with van der Waals surface area (Å²) in [6.45, 7) is 1.21. The second kappa shape index (κ2) is 5.61. The number of hydrazine groups is 1. The molecule has 1 aromatic carbocycles. The minimum atomic E-state index is 0.0782. The smallest absolute Gasteiger partial charge is 0.161 e. The molecule has 0 saturated carbocycles. The van der Waals surface area contributed by atoms with Crippen molar-refractivity contribution < 1.29 is 9.47 Å². The monoisotopic (exact) mass is 276 g/mol. The SMILES string of the molecule is NNC(Cc1cccs1)c1ccc2c(c1)OCCO2. The van der Waals surface area contributed by atoms with E-state index in [-0.39, 0.29) is 6.04 Å². The van der Waals surface area contributed by atoms with Gasteiger partial charge in [-0.1, -0.05) is 12.1 Å². The van der Waals surface area contributed by atoms with Crippen LogP contribution >= 0.6 is 11.3 Å². The van der Waals surface area contributed by atoms with Gasteiger partial charge in [-0.3, -0.25) is 11.3 Å². The normalized spacial score (nSPS) is 15.2. The molecule has 2 heterocycles. The van der Waals surface area contributed by atoms with Crippen LogP contribution in [-0.2, 0) is 6.42 Å². The molecule has 0 saturated heterocycles. The third-order valence-corrected chi connectivity index (χ3v) is 4.05. The Labute approximate surface area is 116 Å². The van der Waals surface area contributed by atoms with Gasteiger partial charge in [0.2, 0.25) is 0 Å². The van der Waals surface area contributed by atoms with Crippen LogP contribution in [0.4, 0.5) is 0 Å². The molecule has 3 N–H and O–H groups in total. The van der Waals surface area contributed by atoms with Crippen LogP contribution in [0.1, 0.15) is 16.5 Å². The van der Waals surface area contributed by atoms with Crippen molar-refractivity contribution in [3.8, 4) is 11.5 Å². The Morgan fingerprint density at radius 1 is 1.21 bits per heavy atom. The van der Waals surface area contributed by atoms with E-state index >= 15 is 0 Å². The summed E-state index contributed by atoms with van der Waals surface area (Å²) in [6.07, 6.45) is 0.869. The van der Waals surface area contributed by atoms with E-state index in [0.717, 1.165) is 23.5 Å². The molecule has 0 amide bonds. The fraction of sp³-hybridized carbons (Fsp3) is 0.286. The quantitative estimate of drug-likeness (QED) is 0.664. The summed E-state index contributed by atoms with van der Waals surface area (Å²) in [5, 5.41) is 2.08. The summed E-state index contributed by atoms with van der Waals surface area (Å²) < 4.78 is 11.1. The topological polar surface area (TPSA) is 56.5 Å². The molecule has 0 radical (unpaired) electrons. The highest BCUT2D eigenvalue weighted by atomic mass is 32.1. The number of benzene rings is 1. The van der Waals surface area contributed by atoms with Crippen LogP contribution in [0, 0.1) is 0 Å². The van der Waals surface area contributed by atoms with Crippen LogP contribution in [0.25, 0.3) is 0 Å². The highest BCUT2D eigenvalue weighted by Gasteiger charge is 2.16. The maximum Gasteiger partial charge on any atom is 0.161 e. The van der Waals surface area contributed by atoms with E-state index in [0.29, 0.717) is 13.2 Å². The van der Waals surface area contributed by atoms with Gasteiger partial charge in [0.1, 0.15) is 13.2 Å². The van der Waals surface area contributed by atoms with E-state index in [4.69, 9.17) is 15.3 Å². The molecule has 3 rings (SSSR count). The zero-order valence-electron chi connectivity index (χ0n) is 10.5. The van der Waals surface area contributed by atoms with Crippen molar-refractivity contribution in [3.63, 3.8) is 0 Å². The van der Waals surface area contributed by atoms with Gasteiger partial charge in [0.05, 0.1) is 6.04 Å². The van der Waals surface area contributed by atoms with Crippen molar-refractivity contribution in [2.24, 2.45) is 5.84 Å². The Morgan fingerprint density at radius 2 is 2.05 bits per heavy atom. The van der Waals surface area contributed by atoms with E-state index in [1.54, 1.807) is 11.3 Å². The van der Waals surface area contributed by atoms with Crippen LogP contribution < -0.4 is 20.7 Å². The number of hydrogen-bond acceptors (Lipinski definition) is 5. The lowest BCUT2D eigenvalue weighted by Crippen LogP contribution is -2.29. The molecule has 1 aliphatic rings. The van der Waals surface area contributed by atoms with E-state index < -0.39 is 0 Å². The second-order valence-electron chi connectivity index (χ2n) is 4.41. The number of thiophene rings is 1. The molecule has 0 bridgehead atoms. The number of nitrogens with one attached hydrogen (secondary N) is 1. The fourth-order valence-electron chi connectivity index (χ4n) is 2.18. The van der Waals surface area contributed by atoms with E-state index in [1.165, 1.54) is 4.88 Å². The van der Waals surface area contributed by atoms with Crippen molar-refractivity contribution in [3.05, 3.63) is 46.2 Å². The summed E-state index contributed by atoms with van der Waals surface area (Å²) in [6, 6.07) is 10.2. The second-order valence-corrected chi connectivity index (χ2v) is 5.44. The van der Waals surface area contributed by atoms with Crippen LogP contribution in [0.5, 0.6) is 11.5 Å². The standard InChI is InChI=1S/C14H16N2O2S/c15-16-12(9-11-2-1-7-19-11)10-3-4-13-14(8-10)18-6-5-17-13/h1-4,7-8,12,16H,5-6,9,15H2. The number of ether oxygens (including phenoxy) is 2. The van der Waals surface area contributed by atoms with Crippen molar-refractivity contribution in [1.82, 2.24) is 5.43 Å². The Balaban J connectivity index is 1.82. The van der Waals surface area contributed by atoms with Gasteiger partial charge in [0.25, 0.3) is 0 Å². The molecule has 0 spiro atoms. The maximum atomic E-state index is 5.68. The first-order chi connectivity index (χ1) is 9.36. The lowest BCUT2D eigenvalue weighted by atomic mass is 10.0. The first-order valence-electron chi connectivity index (χ1n) is 6.25. The van der Waals surface area contributed by atoms with Crippen LogP contribution in [-0.4, -0.2) is 13.2 Å². The van der Waals surface area contributed by atoms with E-state index in [1.807, 2.05) is 18.2 Å². The molecule has 0 fully saturated rings. The predicted octanol–water partition coefficient (Wildman–Crippen LogP) is 2.27. The lowest BCUT2D eigenvalue weighted by molar-refractivity contribution is 0.171. The Kier molecular flexibility index (Phi) is 3.68. The van der Waals surface area contributed by atoms with Crippen LogP contribution in [0.15, 0.2) is 35.7 Å². The van der Waals surface area contributed by atoms with E-state index in [9.17, 15) is 0 Å². The van der Waals surface area contributed by atoms with E-state index in [2.05, 4.69) is 22.9 Å². The molecule has 4 nitrogen and oxygen atoms in total. The molecule has 1 aromatic heterocycles. The third kappa shape index (κ3) is 2.73.